The monoisotopic (exact) mass is 262 g/mol. The third-order valence-electron chi connectivity index (χ3n) is 2.02. The average Bonchev–Trinajstić information content (AvgIpc) is 2.26. The molecule has 0 aromatic carbocycles. The lowest BCUT2D eigenvalue weighted by molar-refractivity contribution is -0.140. The summed E-state index contributed by atoms with van der Waals surface area (Å²) >= 11 is 0. The van der Waals surface area contributed by atoms with Crippen molar-refractivity contribution in [2.75, 3.05) is 18.8 Å². The molecule has 0 aliphatic carbocycles. The smallest absolute Gasteiger partial charge is 0.382 e. The van der Waals surface area contributed by atoms with Crippen LogP contribution in [0.1, 0.15) is 23.8 Å². The number of nitrogens with zero attached hydrogens (tertiary/aromatic N) is 3. The topological polar surface area (TPSA) is 72.1 Å². The molecule has 2 N–H and O–H groups in total. The van der Waals surface area contributed by atoms with Crippen molar-refractivity contribution in [3.05, 3.63) is 18.1 Å². The molecule has 0 bridgehead atoms. The van der Waals surface area contributed by atoms with Gasteiger partial charge in [-0.1, -0.05) is 6.92 Å². The summed E-state index contributed by atoms with van der Waals surface area (Å²) in [4.78, 5) is 19.8. The van der Waals surface area contributed by atoms with E-state index >= 15 is 0 Å². The van der Waals surface area contributed by atoms with Crippen molar-refractivity contribution in [1.29, 1.82) is 0 Å². The van der Waals surface area contributed by atoms with Crippen molar-refractivity contribution in [3.63, 3.8) is 0 Å². The van der Waals surface area contributed by atoms with Gasteiger partial charge in [0, 0.05) is 6.54 Å². The van der Waals surface area contributed by atoms with Gasteiger partial charge in [0.1, 0.15) is 18.1 Å². The molecular formula is C10H13F3N4O. The van der Waals surface area contributed by atoms with Gasteiger partial charge in [-0.05, 0) is 6.42 Å². The maximum Gasteiger partial charge on any atom is 0.406 e. The lowest BCUT2D eigenvalue weighted by Gasteiger charge is -2.22. The highest BCUT2D eigenvalue weighted by atomic mass is 19.4. The van der Waals surface area contributed by atoms with Gasteiger partial charge in [0.05, 0.1) is 12.4 Å². The summed E-state index contributed by atoms with van der Waals surface area (Å²) in [5, 5.41) is 0. The normalized spacial score (nSPS) is 11.3. The van der Waals surface area contributed by atoms with Crippen molar-refractivity contribution in [3.8, 4) is 0 Å². The fourth-order valence-corrected chi connectivity index (χ4v) is 1.38. The predicted octanol–water partition coefficient (Wildman–Crippen LogP) is 1.47. The van der Waals surface area contributed by atoms with Crippen LogP contribution < -0.4 is 5.73 Å². The molecule has 0 aliphatic heterocycles. The Morgan fingerprint density at radius 1 is 1.44 bits per heavy atom. The molecule has 1 amide bonds. The average molecular weight is 262 g/mol. The Morgan fingerprint density at radius 2 is 2.11 bits per heavy atom. The van der Waals surface area contributed by atoms with Crippen LogP contribution in [0.25, 0.3) is 0 Å². The molecule has 0 fully saturated rings. The van der Waals surface area contributed by atoms with E-state index in [1.807, 2.05) is 0 Å². The molecule has 0 radical (unpaired) electrons. The number of hydrogen-bond acceptors (Lipinski definition) is 4. The molecule has 1 aromatic heterocycles. The van der Waals surface area contributed by atoms with Gasteiger partial charge in [0.25, 0.3) is 5.91 Å². The first-order chi connectivity index (χ1) is 8.33. The van der Waals surface area contributed by atoms with Crippen LogP contribution in [0.5, 0.6) is 0 Å². The number of amides is 1. The fraction of sp³-hybridized carbons (Fsp3) is 0.500. The zero-order chi connectivity index (χ0) is 13.8. The molecule has 5 nitrogen and oxygen atoms in total. The zero-order valence-corrected chi connectivity index (χ0v) is 9.74. The highest BCUT2D eigenvalue weighted by Crippen LogP contribution is 2.18. The van der Waals surface area contributed by atoms with Crippen LogP contribution in [-0.4, -0.2) is 40.0 Å². The van der Waals surface area contributed by atoms with Crippen molar-refractivity contribution in [2.45, 2.75) is 19.5 Å². The number of nitrogens with two attached hydrogens (primary N) is 1. The van der Waals surface area contributed by atoms with E-state index in [2.05, 4.69) is 9.97 Å². The van der Waals surface area contributed by atoms with E-state index in [9.17, 15) is 18.0 Å². The molecule has 100 valence electrons. The number of halogens is 3. The van der Waals surface area contributed by atoms with Gasteiger partial charge in [0.15, 0.2) is 0 Å². The molecule has 0 atom stereocenters. The SMILES string of the molecule is CCCN(CC(F)(F)F)C(=O)c1cncc(N)n1. The van der Waals surface area contributed by atoms with Gasteiger partial charge >= 0.3 is 6.18 Å². The lowest BCUT2D eigenvalue weighted by Crippen LogP contribution is -2.39. The number of alkyl halides is 3. The van der Waals surface area contributed by atoms with Crippen molar-refractivity contribution in [2.24, 2.45) is 0 Å². The van der Waals surface area contributed by atoms with Crippen LogP contribution in [0.3, 0.4) is 0 Å². The predicted molar refractivity (Wildman–Crippen MR) is 58.7 cm³/mol. The third kappa shape index (κ3) is 4.19. The quantitative estimate of drug-likeness (QED) is 0.891. The molecule has 0 saturated carbocycles. The van der Waals surface area contributed by atoms with Gasteiger partial charge in [-0.3, -0.25) is 9.78 Å². The molecule has 1 heterocycles. The van der Waals surface area contributed by atoms with E-state index in [4.69, 9.17) is 5.73 Å². The van der Waals surface area contributed by atoms with E-state index in [1.54, 1.807) is 6.92 Å². The lowest BCUT2D eigenvalue weighted by atomic mass is 10.3. The number of aromatic nitrogens is 2. The minimum absolute atomic E-state index is 0.00514. The van der Waals surface area contributed by atoms with Crippen LogP contribution in [0.15, 0.2) is 12.4 Å². The van der Waals surface area contributed by atoms with E-state index in [0.29, 0.717) is 11.3 Å². The number of carbonyl (C=O) groups excluding carboxylic acids is 1. The Bertz CT molecular complexity index is 422. The first-order valence-electron chi connectivity index (χ1n) is 5.27. The molecular weight excluding hydrogens is 249 g/mol. The summed E-state index contributed by atoms with van der Waals surface area (Å²) in [6.07, 6.45) is -1.72. The number of rotatable bonds is 4. The Hall–Kier alpha value is -1.86. The number of hydrogen-bond donors (Lipinski definition) is 1. The summed E-state index contributed by atoms with van der Waals surface area (Å²) in [5.41, 5.74) is 5.14. The molecule has 1 rings (SSSR count). The van der Waals surface area contributed by atoms with Crippen LogP contribution >= 0.6 is 0 Å². The summed E-state index contributed by atoms with van der Waals surface area (Å²) in [5.74, 6) is -0.835. The number of nitrogen functional groups attached to an aromatic ring is 1. The molecule has 0 aliphatic rings. The minimum atomic E-state index is -4.45. The zero-order valence-electron chi connectivity index (χ0n) is 9.74. The van der Waals surface area contributed by atoms with Gasteiger partial charge < -0.3 is 10.6 Å². The van der Waals surface area contributed by atoms with Gasteiger partial charge in [-0.15, -0.1) is 0 Å². The minimum Gasteiger partial charge on any atom is -0.382 e. The second-order valence-corrected chi connectivity index (χ2v) is 3.67. The number of carbonyl (C=O) groups is 1. The van der Waals surface area contributed by atoms with E-state index < -0.39 is 18.6 Å². The maximum absolute atomic E-state index is 12.3. The molecule has 0 unspecified atom stereocenters. The van der Waals surface area contributed by atoms with Gasteiger partial charge in [0.2, 0.25) is 0 Å². The second-order valence-electron chi connectivity index (χ2n) is 3.67. The highest BCUT2D eigenvalue weighted by molar-refractivity contribution is 5.92. The van der Waals surface area contributed by atoms with Crippen molar-refractivity contribution < 1.29 is 18.0 Å². The standard InChI is InChI=1S/C10H13F3N4O/c1-2-3-17(6-10(11,12)13)9(18)7-4-15-5-8(14)16-7/h4-5H,2-3,6H2,1H3,(H2,14,16). The van der Waals surface area contributed by atoms with E-state index in [-0.39, 0.29) is 18.1 Å². The molecule has 0 saturated heterocycles. The van der Waals surface area contributed by atoms with Crippen LogP contribution in [-0.2, 0) is 0 Å². The van der Waals surface area contributed by atoms with Crippen LogP contribution in [0.2, 0.25) is 0 Å². The maximum atomic E-state index is 12.3. The van der Waals surface area contributed by atoms with Gasteiger partial charge in [-0.25, -0.2) is 4.98 Å². The van der Waals surface area contributed by atoms with Crippen LogP contribution in [0.4, 0.5) is 19.0 Å². The molecule has 18 heavy (non-hydrogen) atoms. The summed E-state index contributed by atoms with van der Waals surface area (Å²) in [7, 11) is 0. The van der Waals surface area contributed by atoms with Crippen molar-refractivity contribution in [1.82, 2.24) is 14.9 Å². The Balaban J connectivity index is 2.89. The number of anilines is 1. The molecule has 8 heteroatoms. The van der Waals surface area contributed by atoms with Gasteiger partial charge in [-0.2, -0.15) is 13.2 Å². The first-order valence-corrected chi connectivity index (χ1v) is 5.27. The highest BCUT2D eigenvalue weighted by Gasteiger charge is 2.33. The Labute approximate surface area is 102 Å². The first kappa shape index (κ1) is 14.2. The Kier molecular flexibility index (Phi) is 4.46. The van der Waals surface area contributed by atoms with E-state index in [0.717, 1.165) is 6.20 Å². The summed E-state index contributed by atoms with van der Waals surface area (Å²) < 4.78 is 37.0. The molecule has 1 aromatic rings. The van der Waals surface area contributed by atoms with Crippen molar-refractivity contribution >= 4 is 11.7 Å². The Morgan fingerprint density at radius 3 is 2.61 bits per heavy atom. The second kappa shape index (κ2) is 5.65. The largest absolute Gasteiger partial charge is 0.406 e. The van der Waals surface area contributed by atoms with E-state index in [1.165, 1.54) is 6.20 Å². The molecule has 0 spiro atoms. The summed E-state index contributed by atoms with van der Waals surface area (Å²) in [6.45, 7) is 0.368. The third-order valence-corrected chi connectivity index (χ3v) is 2.02. The fourth-order valence-electron chi connectivity index (χ4n) is 1.38. The summed E-state index contributed by atoms with van der Waals surface area (Å²) in [6, 6.07) is 0. The van der Waals surface area contributed by atoms with Crippen LogP contribution in [0, 0.1) is 0 Å².